The number of anilines is 4. The summed E-state index contributed by atoms with van der Waals surface area (Å²) in [6, 6.07) is 6.77. The fraction of sp³-hybridized carbons (Fsp3) is 0.435. The maximum atomic E-state index is 6.38. The summed E-state index contributed by atoms with van der Waals surface area (Å²) in [6.45, 7) is 5.70. The van der Waals surface area contributed by atoms with E-state index in [-0.39, 0.29) is 7.92 Å². The molecule has 33 heavy (non-hydrogen) atoms. The largest absolute Gasteiger partial charge is 0.495 e. The lowest BCUT2D eigenvalue weighted by Crippen LogP contribution is -2.35. The van der Waals surface area contributed by atoms with Gasteiger partial charge >= 0.3 is 6.01 Å². The van der Waals surface area contributed by atoms with Crippen molar-refractivity contribution in [3.05, 3.63) is 41.4 Å². The average molecular weight is 487 g/mol. The molecule has 0 bridgehead atoms. The minimum atomic E-state index is -0.159. The van der Waals surface area contributed by atoms with Gasteiger partial charge in [-0.2, -0.15) is 4.98 Å². The number of hydrogen-bond acceptors (Lipinski definition) is 8. The number of benzene rings is 1. The van der Waals surface area contributed by atoms with Crippen LogP contribution in [0.15, 0.2) is 35.0 Å². The molecular formula is C23H28ClN6O2P. The van der Waals surface area contributed by atoms with Gasteiger partial charge in [-0.1, -0.05) is 32.5 Å². The molecule has 10 heteroatoms. The van der Waals surface area contributed by atoms with Crippen molar-refractivity contribution in [2.75, 3.05) is 49.7 Å². The SMILES string of the molecule is CCN1CCP(c2ccc(Nc3nc(Nc4ncc(C5CC5)o4)ncc3Cl)c(OC)c2)CC1. The number of methoxy groups -OCH3 is 1. The first-order valence-electron chi connectivity index (χ1n) is 11.3. The van der Waals surface area contributed by atoms with Crippen LogP contribution in [-0.4, -0.2) is 58.9 Å². The second kappa shape index (κ2) is 9.84. The quantitative estimate of drug-likeness (QED) is 0.433. The lowest BCUT2D eigenvalue weighted by Gasteiger charge is -2.31. The molecule has 174 valence electrons. The Morgan fingerprint density at radius 2 is 2.00 bits per heavy atom. The van der Waals surface area contributed by atoms with Crippen molar-refractivity contribution in [2.24, 2.45) is 0 Å². The molecule has 2 aliphatic rings. The number of rotatable bonds is 8. The highest BCUT2D eigenvalue weighted by Gasteiger charge is 2.27. The second-order valence-corrected chi connectivity index (χ2v) is 11.2. The summed E-state index contributed by atoms with van der Waals surface area (Å²) >= 11 is 6.38. The van der Waals surface area contributed by atoms with Crippen LogP contribution >= 0.6 is 19.5 Å². The minimum absolute atomic E-state index is 0.159. The third kappa shape index (κ3) is 5.24. The molecule has 3 heterocycles. The molecule has 2 fully saturated rings. The van der Waals surface area contributed by atoms with E-state index in [1.807, 2.05) is 6.07 Å². The van der Waals surface area contributed by atoms with Crippen LogP contribution in [0, 0.1) is 0 Å². The Morgan fingerprint density at radius 1 is 1.18 bits per heavy atom. The van der Waals surface area contributed by atoms with Crippen molar-refractivity contribution < 1.29 is 9.15 Å². The summed E-state index contributed by atoms with van der Waals surface area (Å²) in [5, 5.41) is 8.10. The van der Waals surface area contributed by atoms with Crippen LogP contribution in [0.2, 0.25) is 5.02 Å². The zero-order valence-electron chi connectivity index (χ0n) is 18.8. The van der Waals surface area contributed by atoms with Crippen LogP contribution in [-0.2, 0) is 0 Å². The number of nitrogens with zero attached hydrogens (tertiary/aromatic N) is 4. The maximum absolute atomic E-state index is 6.38. The lowest BCUT2D eigenvalue weighted by molar-refractivity contribution is 0.317. The Balaban J connectivity index is 1.31. The van der Waals surface area contributed by atoms with Gasteiger partial charge in [0.05, 0.1) is 25.2 Å². The van der Waals surface area contributed by atoms with E-state index in [0.29, 0.717) is 28.7 Å². The zero-order valence-corrected chi connectivity index (χ0v) is 20.5. The average Bonchev–Trinajstić information content (AvgIpc) is 3.60. The third-order valence-electron chi connectivity index (χ3n) is 6.09. The molecule has 1 aliphatic heterocycles. The first kappa shape index (κ1) is 22.4. The van der Waals surface area contributed by atoms with E-state index in [1.165, 1.54) is 30.7 Å². The summed E-state index contributed by atoms with van der Waals surface area (Å²) < 4.78 is 11.4. The van der Waals surface area contributed by atoms with Crippen LogP contribution < -0.4 is 20.7 Å². The van der Waals surface area contributed by atoms with E-state index in [2.05, 4.69) is 49.5 Å². The Labute approximate surface area is 199 Å². The number of ether oxygens (including phenoxy) is 1. The van der Waals surface area contributed by atoms with Crippen LogP contribution in [0.3, 0.4) is 0 Å². The van der Waals surface area contributed by atoms with Gasteiger partial charge in [-0.25, -0.2) is 9.97 Å². The number of oxazole rings is 1. The van der Waals surface area contributed by atoms with Gasteiger partial charge in [0, 0.05) is 19.0 Å². The van der Waals surface area contributed by atoms with Crippen molar-refractivity contribution in [1.29, 1.82) is 0 Å². The van der Waals surface area contributed by atoms with E-state index in [4.69, 9.17) is 20.8 Å². The first-order chi connectivity index (χ1) is 16.1. The van der Waals surface area contributed by atoms with Gasteiger partial charge in [0.15, 0.2) is 5.82 Å². The Kier molecular flexibility index (Phi) is 6.67. The smallest absolute Gasteiger partial charge is 0.301 e. The molecule has 0 amide bonds. The Morgan fingerprint density at radius 3 is 2.73 bits per heavy atom. The molecule has 1 saturated heterocycles. The van der Waals surface area contributed by atoms with Crippen molar-refractivity contribution in [2.45, 2.75) is 25.7 Å². The molecule has 1 aliphatic carbocycles. The molecule has 0 radical (unpaired) electrons. The summed E-state index contributed by atoms with van der Waals surface area (Å²) in [5.74, 6) is 3.01. The van der Waals surface area contributed by atoms with Crippen LogP contribution in [0.4, 0.5) is 23.5 Å². The highest BCUT2D eigenvalue weighted by molar-refractivity contribution is 7.65. The van der Waals surface area contributed by atoms with Crippen molar-refractivity contribution in [3.63, 3.8) is 0 Å². The number of aromatic nitrogens is 3. The van der Waals surface area contributed by atoms with Gasteiger partial charge in [-0.05, 0) is 49.1 Å². The number of hydrogen-bond donors (Lipinski definition) is 2. The summed E-state index contributed by atoms with van der Waals surface area (Å²) in [7, 11) is 1.53. The molecule has 5 rings (SSSR count). The van der Waals surface area contributed by atoms with Gasteiger partial charge in [0.1, 0.15) is 16.5 Å². The number of nitrogens with one attached hydrogen (secondary N) is 2. The first-order valence-corrected chi connectivity index (χ1v) is 13.4. The van der Waals surface area contributed by atoms with E-state index < -0.39 is 0 Å². The maximum Gasteiger partial charge on any atom is 0.301 e. The molecular weight excluding hydrogens is 459 g/mol. The Bertz CT molecular complexity index is 1110. The normalized spacial score (nSPS) is 17.2. The summed E-state index contributed by atoms with van der Waals surface area (Å²) in [6.07, 6.45) is 8.08. The summed E-state index contributed by atoms with van der Waals surface area (Å²) in [5.41, 5.74) is 0.808. The predicted octanol–water partition coefficient (Wildman–Crippen LogP) is 4.93. The summed E-state index contributed by atoms with van der Waals surface area (Å²) in [4.78, 5) is 15.5. The monoisotopic (exact) mass is 486 g/mol. The minimum Gasteiger partial charge on any atom is -0.495 e. The molecule has 3 aromatic rings. The molecule has 2 aromatic heterocycles. The molecule has 1 aromatic carbocycles. The van der Waals surface area contributed by atoms with E-state index in [0.717, 1.165) is 36.6 Å². The molecule has 1 saturated carbocycles. The van der Waals surface area contributed by atoms with Gasteiger partial charge in [0.2, 0.25) is 5.95 Å². The Hall–Kier alpha value is -2.41. The van der Waals surface area contributed by atoms with Gasteiger partial charge < -0.3 is 19.4 Å². The van der Waals surface area contributed by atoms with E-state index in [9.17, 15) is 0 Å². The van der Waals surface area contributed by atoms with Crippen molar-refractivity contribution >= 4 is 48.3 Å². The molecule has 0 unspecified atom stereocenters. The van der Waals surface area contributed by atoms with Gasteiger partial charge in [-0.15, -0.1) is 0 Å². The van der Waals surface area contributed by atoms with Crippen molar-refractivity contribution in [3.8, 4) is 5.75 Å². The third-order valence-corrected chi connectivity index (χ3v) is 8.85. The van der Waals surface area contributed by atoms with Crippen LogP contribution in [0.25, 0.3) is 0 Å². The van der Waals surface area contributed by atoms with Crippen molar-refractivity contribution in [1.82, 2.24) is 19.9 Å². The fourth-order valence-corrected chi connectivity index (χ4v) is 6.45. The molecule has 2 N–H and O–H groups in total. The van der Waals surface area contributed by atoms with Gasteiger partial charge in [0.25, 0.3) is 0 Å². The fourth-order valence-electron chi connectivity index (χ4n) is 3.94. The topological polar surface area (TPSA) is 88.3 Å². The van der Waals surface area contributed by atoms with Crippen LogP contribution in [0.1, 0.15) is 31.4 Å². The van der Waals surface area contributed by atoms with E-state index >= 15 is 0 Å². The van der Waals surface area contributed by atoms with Gasteiger partial charge in [-0.3, -0.25) is 5.32 Å². The standard InChI is InChI=1S/C23H28ClN6O2P/c1-3-30-8-10-33(11-9-30)16-6-7-18(19(12-16)31-2)27-21-17(24)13-25-22(28-21)29-23-26-14-20(32-23)15-4-5-15/h6-7,12-15H,3-5,8-11H2,1-2H3,(H2,25,26,27,28,29). The molecule has 0 atom stereocenters. The second-order valence-electron chi connectivity index (χ2n) is 8.29. The lowest BCUT2D eigenvalue weighted by atomic mass is 10.3. The number of halogens is 1. The van der Waals surface area contributed by atoms with Crippen LogP contribution in [0.5, 0.6) is 5.75 Å². The predicted molar refractivity (Wildman–Crippen MR) is 133 cm³/mol. The highest BCUT2D eigenvalue weighted by atomic mass is 35.5. The van der Waals surface area contributed by atoms with E-state index in [1.54, 1.807) is 19.5 Å². The highest BCUT2D eigenvalue weighted by Crippen LogP contribution is 2.41. The molecule has 8 nitrogen and oxygen atoms in total. The zero-order chi connectivity index (χ0) is 22.8. The molecule has 0 spiro atoms.